The van der Waals surface area contributed by atoms with Crippen LogP contribution in [0.3, 0.4) is 0 Å². The molecule has 0 atom stereocenters. The normalized spacial score (nSPS) is 11.1. The molecule has 0 saturated heterocycles. The maximum atomic E-state index is 11.2. The third-order valence-electron chi connectivity index (χ3n) is 1.37. The second-order valence-electron chi connectivity index (χ2n) is 2.12. The van der Waals surface area contributed by atoms with Crippen LogP contribution in [0.25, 0.3) is 6.20 Å². The Hall–Kier alpha value is -1.32. The molecular weight excluding hydrogens is 142 g/mol. The van der Waals surface area contributed by atoms with Gasteiger partial charge in [-0.3, -0.25) is 4.57 Å². The number of hydrogen-bond donors (Lipinski definition) is 0. The molecule has 0 fully saturated rings. The van der Waals surface area contributed by atoms with E-state index in [0.717, 1.165) is 0 Å². The van der Waals surface area contributed by atoms with Crippen molar-refractivity contribution in [3.8, 4) is 0 Å². The van der Waals surface area contributed by atoms with E-state index in [-0.39, 0.29) is 5.69 Å². The molecule has 4 heteroatoms. The van der Waals surface area contributed by atoms with Gasteiger partial charge in [-0.25, -0.2) is 9.48 Å². The summed E-state index contributed by atoms with van der Waals surface area (Å²) >= 11 is 0. The van der Waals surface area contributed by atoms with E-state index in [1.54, 1.807) is 12.3 Å². The Morgan fingerprint density at radius 2 is 2.45 bits per heavy atom. The van der Waals surface area contributed by atoms with E-state index in [1.165, 1.54) is 15.6 Å². The number of hydrogen-bond acceptors (Lipinski definition) is 2. The molecule has 1 heterocycles. The average Bonchev–Trinajstić information content (AvgIpc) is 2.34. The summed E-state index contributed by atoms with van der Waals surface area (Å²) in [6.45, 7) is 4.35. The van der Waals surface area contributed by atoms with Gasteiger partial charge in [0.25, 0.3) is 0 Å². The number of aromatic nitrogens is 3. The fourth-order valence-corrected chi connectivity index (χ4v) is 0.830. The molecule has 0 aromatic carbocycles. The molecule has 0 spiro atoms. The second-order valence-corrected chi connectivity index (χ2v) is 2.12. The summed E-state index contributed by atoms with van der Waals surface area (Å²) in [7, 11) is 0. The maximum Gasteiger partial charge on any atom is 0.349 e. The number of nitrogens with zero attached hydrogens (tertiary/aromatic N) is 3. The van der Waals surface area contributed by atoms with Gasteiger partial charge in [0.05, 0.1) is 0 Å². The molecule has 0 unspecified atom stereocenters. The van der Waals surface area contributed by atoms with Crippen molar-refractivity contribution in [1.29, 1.82) is 0 Å². The molecule has 11 heavy (non-hydrogen) atoms. The lowest BCUT2D eigenvalue weighted by atomic mass is 10.7. The molecule has 0 amide bonds. The van der Waals surface area contributed by atoms with Crippen molar-refractivity contribution in [3.63, 3.8) is 0 Å². The molecule has 0 saturated carbocycles. The first-order valence-electron chi connectivity index (χ1n) is 3.56. The fraction of sp³-hybridized carbons (Fsp3) is 0.429. The first kappa shape index (κ1) is 7.78. The largest absolute Gasteiger partial charge is 0.349 e. The molecular formula is C7H11N3O. The zero-order chi connectivity index (χ0) is 8.27. The van der Waals surface area contributed by atoms with Gasteiger partial charge in [0, 0.05) is 12.7 Å². The molecule has 0 aliphatic carbocycles. The van der Waals surface area contributed by atoms with Crippen LogP contribution in [-0.2, 0) is 6.54 Å². The summed E-state index contributed by atoms with van der Waals surface area (Å²) in [6, 6.07) is 0. The van der Waals surface area contributed by atoms with Crippen molar-refractivity contribution < 1.29 is 0 Å². The predicted octanol–water partition coefficient (Wildman–Crippen LogP) is 0.555. The van der Waals surface area contributed by atoms with Gasteiger partial charge < -0.3 is 0 Å². The average molecular weight is 153 g/mol. The van der Waals surface area contributed by atoms with Gasteiger partial charge in [0.2, 0.25) is 0 Å². The lowest BCUT2D eigenvalue weighted by Crippen LogP contribution is -2.21. The number of allylic oxidation sites excluding steroid dienone is 1. The Morgan fingerprint density at radius 1 is 1.73 bits per heavy atom. The maximum absolute atomic E-state index is 11.2. The Kier molecular flexibility index (Phi) is 2.25. The van der Waals surface area contributed by atoms with E-state index in [0.29, 0.717) is 6.54 Å². The van der Waals surface area contributed by atoms with Gasteiger partial charge in [-0.2, -0.15) is 5.10 Å². The van der Waals surface area contributed by atoms with Crippen molar-refractivity contribution in [3.05, 3.63) is 22.9 Å². The van der Waals surface area contributed by atoms with Crippen LogP contribution >= 0.6 is 0 Å². The Balaban J connectivity index is 3.11. The zero-order valence-electron chi connectivity index (χ0n) is 6.69. The van der Waals surface area contributed by atoms with E-state index in [4.69, 9.17) is 0 Å². The molecule has 0 N–H and O–H groups in total. The molecule has 0 aliphatic rings. The van der Waals surface area contributed by atoms with Gasteiger partial charge in [0.15, 0.2) is 0 Å². The summed E-state index contributed by atoms with van der Waals surface area (Å²) in [6.07, 6.45) is 4.98. The highest BCUT2D eigenvalue weighted by atomic mass is 16.2. The van der Waals surface area contributed by atoms with Gasteiger partial charge in [-0.05, 0) is 13.8 Å². The van der Waals surface area contributed by atoms with E-state index in [2.05, 4.69) is 5.10 Å². The summed E-state index contributed by atoms with van der Waals surface area (Å²) in [5.41, 5.74) is -0.0920. The molecule has 60 valence electrons. The van der Waals surface area contributed by atoms with Crippen LogP contribution in [0.2, 0.25) is 0 Å². The highest BCUT2D eigenvalue weighted by Gasteiger charge is 1.97. The quantitative estimate of drug-likeness (QED) is 0.622. The minimum absolute atomic E-state index is 0.0920. The molecule has 0 radical (unpaired) electrons. The minimum Gasteiger partial charge on any atom is -0.257 e. The van der Waals surface area contributed by atoms with Crippen molar-refractivity contribution in [2.75, 3.05) is 0 Å². The third-order valence-corrected chi connectivity index (χ3v) is 1.37. The molecule has 1 rings (SSSR count). The first-order chi connectivity index (χ1) is 5.29. The second kappa shape index (κ2) is 3.18. The SMILES string of the molecule is C/C=C/n1cnn(CC)c1=O. The molecule has 4 nitrogen and oxygen atoms in total. The van der Waals surface area contributed by atoms with Crippen molar-refractivity contribution in [2.45, 2.75) is 20.4 Å². The highest BCUT2D eigenvalue weighted by molar-refractivity contribution is 5.18. The van der Waals surface area contributed by atoms with Crippen LogP contribution in [0.1, 0.15) is 13.8 Å². The molecule has 0 bridgehead atoms. The smallest absolute Gasteiger partial charge is 0.257 e. The van der Waals surface area contributed by atoms with Crippen LogP contribution in [0.4, 0.5) is 0 Å². The van der Waals surface area contributed by atoms with E-state index >= 15 is 0 Å². The Morgan fingerprint density at radius 3 is 2.91 bits per heavy atom. The van der Waals surface area contributed by atoms with Crippen molar-refractivity contribution in [2.24, 2.45) is 0 Å². The zero-order valence-corrected chi connectivity index (χ0v) is 6.69. The Labute approximate surface area is 64.8 Å². The third kappa shape index (κ3) is 1.39. The lowest BCUT2D eigenvalue weighted by Gasteiger charge is -1.88. The molecule has 0 aliphatic heterocycles. The summed E-state index contributed by atoms with van der Waals surface area (Å²) in [5.74, 6) is 0. The van der Waals surface area contributed by atoms with Crippen LogP contribution in [0.15, 0.2) is 17.2 Å². The molecule has 1 aromatic heterocycles. The first-order valence-corrected chi connectivity index (χ1v) is 3.56. The number of rotatable bonds is 2. The van der Waals surface area contributed by atoms with Crippen LogP contribution < -0.4 is 5.69 Å². The fourth-order valence-electron chi connectivity index (χ4n) is 0.830. The predicted molar refractivity (Wildman–Crippen MR) is 43.2 cm³/mol. The summed E-state index contributed by atoms with van der Waals surface area (Å²) in [5, 5.41) is 3.87. The van der Waals surface area contributed by atoms with Crippen molar-refractivity contribution >= 4 is 6.20 Å². The van der Waals surface area contributed by atoms with Crippen LogP contribution in [0.5, 0.6) is 0 Å². The van der Waals surface area contributed by atoms with E-state index in [9.17, 15) is 4.79 Å². The topological polar surface area (TPSA) is 39.8 Å². The van der Waals surface area contributed by atoms with Crippen LogP contribution in [-0.4, -0.2) is 14.3 Å². The summed E-state index contributed by atoms with van der Waals surface area (Å²) in [4.78, 5) is 11.2. The van der Waals surface area contributed by atoms with E-state index in [1.807, 2.05) is 13.8 Å². The molecule has 1 aromatic rings. The minimum atomic E-state index is -0.0920. The number of aryl methyl sites for hydroxylation is 1. The van der Waals surface area contributed by atoms with Gasteiger partial charge in [0.1, 0.15) is 6.33 Å². The van der Waals surface area contributed by atoms with Gasteiger partial charge in [-0.1, -0.05) is 6.08 Å². The highest BCUT2D eigenvalue weighted by Crippen LogP contribution is 1.80. The monoisotopic (exact) mass is 153 g/mol. The van der Waals surface area contributed by atoms with Gasteiger partial charge in [-0.15, -0.1) is 0 Å². The van der Waals surface area contributed by atoms with Crippen molar-refractivity contribution in [1.82, 2.24) is 14.3 Å². The summed E-state index contributed by atoms with van der Waals surface area (Å²) < 4.78 is 2.85. The van der Waals surface area contributed by atoms with Crippen LogP contribution in [0, 0.1) is 0 Å². The Bertz CT molecular complexity index is 308. The standard InChI is InChI=1S/C7H11N3O/c1-3-5-9-6-8-10(4-2)7(9)11/h3,5-6H,4H2,1-2H3/b5-3+. The van der Waals surface area contributed by atoms with E-state index < -0.39 is 0 Å². The lowest BCUT2D eigenvalue weighted by molar-refractivity contribution is 0.630. The van der Waals surface area contributed by atoms with Gasteiger partial charge >= 0.3 is 5.69 Å².